The number of hydrogen-bond donors (Lipinski definition) is 2. The number of hydrogen-bond acceptors (Lipinski definition) is 5. The van der Waals surface area contributed by atoms with E-state index >= 15 is 0 Å². The number of aliphatic hydroxyl groups is 2. The maximum atomic E-state index is 13.3. The molecule has 6 nitrogen and oxygen atoms in total. The third-order valence-corrected chi connectivity index (χ3v) is 10.4. The maximum Gasteiger partial charge on any atom is 0.159 e. The Hall–Kier alpha value is -1.27. The smallest absolute Gasteiger partial charge is 0.159 e. The van der Waals surface area contributed by atoms with E-state index in [-0.39, 0.29) is 30.3 Å². The highest BCUT2D eigenvalue weighted by Gasteiger charge is 2.61. The second kappa shape index (κ2) is 7.38. The Bertz CT molecular complexity index is 851. The van der Waals surface area contributed by atoms with Gasteiger partial charge >= 0.3 is 0 Å². The van der Waals surface area contributed by atoms with E-state index in [1.54, 1.807) is 6.20 Å². The molecule has 4 aliphatic carbocycles. The molecule has 31 heavy (non-hydrogen) atoms. The van der Waals surface area contributed by atoms with E-state index in [4.69, 9.17) is 0 Å². The van der Waals surface area contributed by atoms with Crippen molar-refractivity contribution >= 4 is 5.78 Å². The second-order valence-electron chi connectivity index (χ2n) is 12.0. The van der Waals surface area contributed by atoms with Gasteiger partial charge in [0, 0.05) is 5.92 Å². The molecule has 4 aliphatic rings. The maximum absolute atomic E-state index is 13.3. The highest BCUT2D eigenvalue weighted by Crippen LogP contribution is 2.68. The highest BCUT2D eigenvalue weighted by atomic mass is 16.3. The minimum atomic E-state index is -0.485. The first-order chi connectivity index (χ1) is 14.7. The standard InChI is InChI=1S/C25H39N3O3/c1-23(31)10-11-24(2)16(12-23)4-5-18-19-6-7-21(25(19,3)9-8-20(18)24)22(30)14-28-26-13-17(15-29)27-28/h13,16,18-21,29,31H,4-12,14-15H2,1-3H3/t16-,18?,19-,20-,21+,23+,24-,25-/m0/s1. The second-order valence-corrected chi connectivity index (χ2v) is 12.0. The molecule has 4 saturated carbocycles. The van der Waals surface area contributed by atoms with E-state index in [9.17, 15) is 15.0 Å². The summed E-state index contributed by atoms with van der Waals surface area (Å²) in [4.78, 5) is 14.8. The van der Waals surface area contributed by atoms with E-state index in [2.05, 4.69) is 24.0 Å². The van der Waals surface area contributed by atoms with Crippen LogP contribution in [0, 0.1) is 40.4 Å². The molecule has 0 bridgehead atoms. The molecule has 172 valence electrons. The topological polar surface area (TPSA) is 88.2 Å². The van der Waals surface area contributed by atoms with Crippen molar-refractivity contribution in [1.29, 1.82) is 0 Å². The first-order valence-electron chi connectivity index (χ1n) is 12.4. The summed E-state index contributed by atoms with van der Waals surface area (Å²) in [7, 11) is 0. The summed E-state index contributed by atoms with van der Waals surface area (Å²) in [5.41, 5.74) is 0.477. The average Bonchev–Trinajstić information content (AvgIpc) is 3.31. The number of aromatic nitrogens is 3. The molecule has 0 aliphatic heterocycles. The SMILES string of the molecule is C[C@@]1(O)CC[C@@]2(C)[C@@H](CCC3[C@@H]2CC[C@]2(C)[C@@H](C(=O)Cn4ncc(CO)n4)CC[C@@H]32)C1. The van der Waals surface area contributed by atoms with Gasteiger partial charge in [0.2, 0.25) is 0 Å². The van der Waals surface area contributed by atoms with Crippen molar-refractivity contribution in [3.63, 3.8) is 0 Å². The summed E-state index contributed by atoms with van der Waals surface area (Å²) >= 11 is 0. The molecular weight excluding hydrogens is 390 g/mol. The lowest BCUT2D eigenvalue weighted by Gasteiger charge is -2.61. The molecule has 8 atom stereocenters. The van der Waals surface area contributed by atoms with Gasteiger partial charge in [-0.15, -0.1) is 0 Å². The number of fused-ring (bicyclic) bond motifs is 5. The molecule has 6 heteroatoms. The summed E-state index contributed by atoms with van der Waals surface area (Å²) in [6, 6.07) is 0. The summed E-state index contributed by atoms with van der Waals surface area (Å²) in [6.07, 6.45) is 11.6. The molecule has 1 heterocycles. The van der Waals surface area contributed by atoms with Crippen LogP contribution in [0.1, 0.15) is 84.3 Å². The van der Waals surface area contributed by atoms with Crippen LogP contribution in [-0.2, 0) is 17.9 Å². The van der Waals surface area contributed by atoms with Gasteiger partial charge in [0.05, 0.1) is 18.4 Å². The van der Waals surface area contributed by atoms with Crippen LogP contribution in [0.5, 0.6) is 0 Å². The molecule has 1 unspecified atom stereocenters. The van der Waals surface area contributed by atoms with Crippen molar-refractivity contribution in [1.82, 2.24) is 15.0 Å². The van der Waals surface area contributed by atoms with Gasteiger partial charge in [-0.05, 0) is 99.2 Å². The molecule has 0 spiro atoms. The van der Waals surface area contributed by atoms with Crippen molar-refractivity contribution in [3.05, 3.63) is 11.9 Å². The van der Waals surface area contributed by atoms with E-state index < -0.39 is 5.60 Å². The van der Waals surface area contributed by atoms with E-state index in [1.807, 2.05) is 6.92 Å². The van der Waals surface area contributed by atoms with Gasteiger partial charge in [-0.25, -0.2) is 0 Å². The summed E-state index contributed by atoms with van der Waals surface area (Å²) < 4.78 is 0. The van der Waals surface area contributed by atoms with Gasteiger partial charge in [0.25, 0.3) is 0 Å². The quantitative estimate of drug-likeness (QED) is 0.761. The summed E-state index contributed by atoms with van der Waals surface area (Å²) in [5, 5.41) is 28.3. The van der Waals surface area contributed by atoms with Gasteiger partial charge in [-0.3, -0.25) is 4.79 Å². The molecule has 0 radical (unpaired) electrons. The Morgan fingerprint density at radius 3 is 2.58 bits per heavy atom. The predicted molar refractivity (Wildman–Crippen MR) is 117 cm³/mol. The van der Waals surface area contributed by atoms with Crippen LogP contribution in [0.4, 0.5) is 0 Å². The van der Waals surface area contributed by atoms with Crippen LogP contribution in [0.15, 0.2) is 6.20 Å². The zero-order valence-corrected chi connectivity index (χ0v) is 19.4. The third-order valence-electron chi connectivity index (χ3n) is 10.4. The summed E-state index contributed by atoms with van der Waals surface area (Å²) in [5.74, 6) is 3.11. The molecule has 5 rings (SSSR count). The molecular formula is C25H39N3O3. The molecule has 0 saturated heterocycles. The van der Waals surface area contributed by atoms with Gasteiger partial charge in [-0.2, -0.15) is 15.0 Å². The number of ketones is 1. The molecule has 0 aromatic carbocycles. The highest BCUT2D eigenvalue weighted by molar-refractivity contribution is 5.82. The largest absolute Gasteiger partial charge is 0.390 e. The van der Waals surface area contributed by atoms with Crippen LogP contribution in [0.2, 0.25) is 0 Å². The van der Waals surface area contributed by atoms with E-state index in [0.29, 0.717) is 22.9 Å². The minimum Gasteiger partial charge on any atom is -0.390 e. The number of carbonyl (C=O) groups excluding carboxylic acids is 1. The van der Waals surface area contributed by atoms with Gasteiger partial charge < -0.3 is 10.2 Å². The lowest BCUT2D eigenvalue weighted by molar-refractivity contribution is -0.151. The van der Waals surface area contributed by atoms with Crippen molar-refractivity contribution in [2.75, 3.05) is 0 Å². The monoisotopic (exact) mass is 429 g/mol. The minimum absolute atomic E-state index is 0.0918. The Morgan fingerprint density at radius 2 is 1.84 bits per heavy atom. The van der Waals surface area contributed by atoms with E-state index in [1.165, 1.54) is 30.5 Å². The zero-order chi connectivity index (χ0) is 22.0. The van der Waals surface area contributed by atoms with Crippen molar-refractivity contribution < 1.29 is 15.0 Å². The predicted octanol–water partition coefficient (Wildman–Crippen LogP) is 3.75. The molecule has 4 fully saturated rings. The van der Waals surface area contributed by atoms with Gasteiger partial charge in [0.15, 0.2) is 5.78 Å². The van der Waals surface area contributed by atoms with Crippen LogP contribution in [0.3, 0.4) is 0 Å². The Labute approximate surface area is 185 Å². The summed E-state index contributed by atoms with van der Waals surface area (Å²) in [6.45, 7) is 7.01. The first-order valence-corrected chi connectivity index (χ1v) is 12.4. The lowest BCUT2D eigenvalue weighted by atomic mass is 9.44. The van der Waals surface area contributed by atoms with Crippen molar-refractivity contribution in [3.8, 4) is 0 Å². The number of carbonyl (C=O) groups is 1. The fourth-order valence-corrected chi connectivity index (χ4v) is 8.69. The fourth-order valence-electron chi connectivity index (χ4n) is 8.69. The fraction of sp³-hybridized carbons (Fsp3) is 0.880. The van der Waals surface area contributed by atoms with Crippen molar-refractivity contribution in [2.45, 2.75) is 97.3 Å². The van der Waals surface area contributed by atoms with Gasteiger partial charge in [0.1, 0.15) is 12.2 Å². The normalized spacial score (nSPS) is 46.8. The number of nitrogens with zero attached hydrogens (tertiary/aromatic N) is 3. The Balaban J connectivity index is 1.33. The van der Waals surface area contributed by atoms with Crippen molar-refractivity contribution in [2.24, 2.45) is 40.4 Å². The van der Waals surface area contributed by atoms with E-state index in [0.717, 1.165) is 43.9 Å². The lowest BCUT2D eigenvalue weighted by Crippen LogP contribution is -2.55. The molecule has 1 aromatic rings. The molecule has 2 N–H and O–H groups in total. The third kappa shape index (κ3) is 3.40. The Morgan fingerprint density at radius 1 is 1.06 bits per heavy atom. The zero-order valence-electron chi connectivity index (χ0n) is 19.4. The number of Topliss-reactive ketones (excluding diaryl/α,β-unsaturated/α-hetero) is 1. The average molecular weight is 430 g/mol. The first kappa shape index (κ1) is 21.6. The molecule has 1 aromatic heterocycles. The Kier molecular flexibility index (Phi) is 5.13. The van der Waals surface area contributed by atoms with Gasteiger partial charge in [-0.1, -0.05) is 13.8 Å². The number of rotatable bonds is 4. The van der Waals surface area contributed by atoms with Crippen LogP contribution >= 0.6 is 0 Å². The molecule has 0 amide bonds. The van der Waals surface area contributed by atoms with Crippen LogP contribution < -0.4 is 0 Å². The van der Waals surface area contributed by atoms with Crippen LogP contribution in [-0.4, -0.2) is 36.6 Å². The van der Waals surface area contributed by atoms with Crippen LogP contribution in [0.25, 0.3) is 0 Å². The number of aliphatic hydroxyl groups excluding tert-OH is 1.